The summed E-state index contributed by atoms with van der Waals surface area (Å²) in [5.41, 5.74) is 3.96. The van der Waals surface area contributed by atoms with Crippen LogP contribution in [0.5, 0.6) is 5.75 Å². The van der Waals surface area contributed by atoms with Crippen LogP contribution in [-0.4, -0.2) is 43.0 Å². The minimum absolute atomic E-state index is 0.0140. The molecule has 1 saturated heterocycles. The first kappa shape index (κ1) is 21.8. The van der Waals surface area contributed by atoms with E-state index >= 15 is 0 Å². The third kappa shape index (κ3) is 4.92. The molecule has 0 aromatic heterocycles. The maximum absolute atomic E-state index is 12.7. The summed E-state index contributed by atoms with van der Waals surface area (Å²) in [6, 6.07) is 13.1. The van der Waals surface area contributed by atoms with Gasteiger partial charge in [0.25, 0.3) is 0 Å². The van der Waals surface area contributed by atoms with E-state index in [-0.39, 0.29) is 17.8 Å². The van der Waals surface area contributed by atoms with Crippen LogP contribution in [0.25, 0.3) is 0 Å². The normalized spacial score (nSPS) is 16.2. The highest BCUT2D eigenvalue weighted by Crippen LogP contribution is 2.25. The molecule has 1 amide bonds. The molecule has 0 unspecified atom stereocenters. The Hall–Kier alpha value is -3.37. The van der Waals surface area contributed by atoms with Gasteiger partial charge in [0.15, 0.2) is 0 Å². The maximum atomic E-state index is 12.7. The van der Waals surface area contributed by atoms with Crippen LogP contribution in [0, 0.1) is 17.2 Å². The van der Waals surface area contributed by atoms with Crippen molar-refractivity contribution in [3.8, 4) is 11.8 Å². The van der Waals surface area contributed by atoms with Crippen molar-refractivity contribution >= 4 is 17.6 Å². The van der Waals surface area contributed by atoms with Crippen LogP contribution in [0.4, 0.5) is 5.69 Å². The molecular weight excluding hydrogens is 406 g/mol. The first-order chi connectivity index (χ1) is 15.6. The van der Waals surface area contributed by atoms with Crippen molar-refractivity contribution in [1.29, 1.82) is 5.26 Å². The Balaban J connectivity index is 1.26. The Labute approximate surface area is 187 Å². The summed E-state index contributed by atoms with van der Waals surface area (Å²) in [4.78, 5) is 26.7. The van der Waals surface area contributed by atoms with Crippen molar-refractivity contribution in [3.05, 3.63) is 58.7 Å². The van der Waals surface area contributed by atoms with Gasteiger partial charge in [-0.1, -0.05) is 12.1 Å². The number of esters is 1. The van der Waals surface area contributed by atoms with E-state index in [1.807, 2.05) is 19.1 Å². The molecule has 1 N–H and O–H groups in total. The van der Waals surface area contributed by atoms with Gasteiger partial charge in [-0.15, -0.1) is 0 Å². The largest absolute Gasteiger partial charge is 0.492 e. The average molecular weight is 434 g/mol. The standard InChI is InChI=1S/C25H27N3O4/c1-2-31-23-14-21(5-4-19(23)15-26)27-24(29)18-8-11-28(12-9-18)10-7-17-3-6-22-20(13-17)16-32-25(22)30/h3-6,13-14,18H,2,7-12,16H2,1H3,(H,27,29). The molecule has 2 aliphatic rings. The zero-order chi connectivity index (χ0) is 22.5. The van der Waals surface area contributed by atoms with E-state index in [0.717, 1.165) is 44.5 Å². The van der Waals surface area contributed by atoms with Crippen LogP contribution < -0.4 is 10.1 Å². The zero-order valence-electron chi connectivity index (χ0n) is 18.2. The lowest BCUT2D eigenvalue weighted by atomic mass is 9.95. The molecule has 7 heteroatoms. The van der Waals surface area contributed by atoms with Gasteiger partial charge in [-0.2, -0.15) is 5.26 Å². The van der Waals surface area contributed by atoms with Gasteiger partial charge in [-0.05, 0) is 63.0 Å². The fourth-order valence-electron chi connectivity index (χ4n) is 4.26. The first-order valence-corrected chi connectivity index (χ1v) is 11.1. The number of nitriles is 1. The summed E-state index contributed by atoms with van der Waals surface area (Å²) in [5.74, 6) is 0.243. The number of nitrogens with zero attached hydrogens (tertiary/aromatic N) is 2. The van der Waals surface area contributed by atoms with E-state index in [1.54, 1.807) is 18.2 Å². The van der Waals surface area contributed by atoms with E-state index in [2.05, 4.69) is 22.4 Å². The number of rotatable bonds is 7. The molecule has 0 radical (unpaired) electrons. The number of hydrogen-bond acceptors (Lipinski definition) is 6. The van der Waals surface area contributed by atoms with E-state index < -0.39 is 0 Å². The Bertz CT molecular complexity index is 1050. The summed E-state index contributed by atoms with van der Waals surface area (Å²) in [5, 5.41) is 12.1. The van der Waals surface area contributed by atoms with Crippen LogP contribution in [0.1, 0.15) is 46.8 Å². The highest BCUT2D eigenvalue weighted by atomic mass is 16.5. The summed E-state index contributed by atoms with van der Waals surface area (Å²) >= 11 is 0. The number of anilines is 1. The van der Waals surface area contributed by atoms with Gasteiger partial charge in [0.2, 0.25) is 5.91 Å². The predicted molar refractivity (Wildman–Crippen MR) is 119 cm³/mol. The molecule has 0 spiro atoms. The molecular formula is C25H27N3O4. The van der Waals surface area contributed by atoms with E-state index in [0.29, 0.717) is 35.8 Å². The van der Waals surface area contributed by atoms with Crippen LogP contribution in [-0.2, 0) is 22.6 Å². The highest BCUT2D eigenvalue weighted by Gasteiger charge is 2.25. The average Bonchev–Trinajstić information content (AvgIpc) is 3.18. The monoisotopic (exact) mass is 433 g/mol. The topological polar surface area (TPSA) is 91.7 Å². The second-order valence-corrected chi connectivity index (χ2v) is 8.18. The van der Waals surface area contributed by atoms with Crippen LogP contribution in [0.15, 0.2) is 36.4 Å². The number of benzene rings is 2. The van der Waals surface area contributed by atoms with Gasteiger partial charge in [0.05, 0.1) is 17.7 Å². The van der Waals surface area contributed by atoms with E-state index in [9.17, 15) is 14.9 Å². The van der Waals surface area contributed by atoms with Gasteiger partial charge in [-0.3, -0.25) is 4.79 Å². The Morgan fingerprint density at radius 3 is 2.81 bits per heavy atom. The molecule has 1 fully saturated rings. The molecule has 0 aliphatic carbocycles. The molecule has 166 valence electrons. The van der Waals surface area contributed by atoms with Gasteiger partial charge in [-0.25, -0.2) is 4.79 Å². The SMILES string of the molecule is CCOc1cc(NC(=O)C2CCN(CCc3ccc4c(c3)COC4=O)CC2)ccc1C#N. The Kier molecular flexibility index (Phi) is 6.72. The van der Waals surface area contributed by atoms with E-state index in [4.69, 9.17) is 9.47 Å². The number of nitrogens with one attached hydrogen (secondary N) is 1. The maximum Gasteiger partial charge on any atom is 0.338 e. The number of likely N-dealkylation sites (tertiary alicyclic amines) is 1. The number of hydrogen-bond donors (Lipinski definition) is 1. The molecule has 0 bridgehead atoms. The van der Waals surface area contributed by atoms with Gasteiger partial charge in [0, 0.05) is 29.8 Å². The summed E-state index contributed by atoms with van der Waals surface area (Å²) in [6.07, 6.45) is 2.53. The van der Waals surface area contributed by atoms with E-state index in [1.165, 1.54) is 5.56 Å². The molecule has 2 aliphatic heterocycles. The zero-order valence-corrected chi connectivity index (χ0v) is 18.2. The van der Waals surface area contributed by atoms with Crippen LogP contribution >= 0.6 is 0 Å². The molecule has 0 atom stereocenters. The lowest BCUT2D eigenvalue weighted by Crippen LogP contribution is -2.39. The number of piperidine rings is 1. The fourth-order valence-corrected chi connectivity index (χ4v) is 4.26. The quantitative estimate of drug-likeness (QED) is 0.672. The van der Waals surface area contributed by atoms with Crippen LogP contribution in [0.3, 0.4) is 0 Å². The first-order valence-electron chi connectivity index (χ1n) is 11.1. The molecule has 7 nitrogen and oxygen atoms in total. The third-order valence-electron chi connectivity index (χ3n) is 6.09. The third-order valence-corrected chi connectivity index (χ3v) is 6.09. The van der Waals surface area contributed by atoms with Crippen molar-refractivity contribution in [2.24, 2.45) is 5.92 Å². The number of ether oxygens (including phenoxy) is 2. The summed E-state index contributed by atoms with van der Waals surface area (Å²) < 4.78 is 10.6. The lowest BCUT2D eigenvalue weighted by molar-refractivity contribution is -0.121. The number of amides is 1. The Morgan fingerprint density at radius 2 is 2.06 bits per heavy atom. The second kappa shape index (κ2) is 9.84. The fraction of sp³-hybridized carbons (Fsp3) is 0.400. The Morgan fingerprint density at radius 1 is 1.25 bits per heavy atom. The summed E-state index contributed by atoms with van der Waals surface area (Å²) in [6.45, 7) is 5.37. The van der Waals surface area contributed by atoms with Crippen molar-refractivity contribution < 1.29 is 19.1 Å². The smallest absolute Gasteiger partial charge is 0.338 e. The molecule has 2 heterocycles. The van der Waals surface area contributed by atoms with Crippen molar-refractivity contribution in [3.63, 3.8) is 0 Å². The van der Waals surface area contributed by atoms with Gasteiger partial charge in [0.1, 0.15) is 18.4 Å². The highest BCUT2D eigenvalue weighted by molar-refractivity contribution is 5.93. The number of fused-ring (bicyclic) bond motifs is 1. The van der Waals surface area contributed by atoms with Gasteiger partial charge < -0.3 is 19.7 Å². The van der Waals surface area contributed by atoms with Crippen molar-refractivity contribution in [1.82, 2.24) is 4.90 Å². The predicted octanol–water partition coefficient (Wildman–Crippen LogP) is 3.52. The molecule has 4 rings (SSSR count). The second-order valence-electron chi connectivity index (χ2n) is 8.18. The summed E-state index contributed by atoms with van der Waals surface area (Å²) in [7, 11) is 0. The minimum Gasteiger partial charge on any atom is -0.492 e. The number of carbonyl (C=O) groups excluding carboxylic acids is 2. The van der Waals surface area contributed by atoms with Crippen LogP contribution in [0.2, 0.25) is 0 Å². The molecule has 2 aromatic rings. The molecule has 0 saturated carbocycles. The number of cyclic esters (lactones) is 1. The van der Waals surface area contributed by atoms with Crippen molar-refractivity contribution in [2.75, 3.05) is 31.6 Å². The minimum atomic E-state index is -0.234. The molecule has 2 aromatic carbocycles. The molecule has 32 heavy (non-hydrogen) atoms. The number of carbonyl (C=O) groups is 2. The van der Waals surface area contributed by atoms with Gasteiger partial charge >= 0.3 is 5.97 Å². The van der Waals surface area contributed by atoms with Crippen molar-refractivity contribution in [2.45, 2.75) is 32.8 Å². The lowest BCUT2D eigenvalue weighted by Gasteiger charge is -2.31.